The van der Waals surface area contributed by atoms with Crippen molar-refractivity contribution in [2.24, 2.45) is 0 Å². The molecule has 0 atom stereocenters. The quantitative estimate of drug-likeness (QED) is 0.744. The molecular weight excluding hydrogens is 166 g/mol. The third kappa shape index (κ3) is 1.22. The first-order valence-corrected chi connectivity index (χ1v) is 4.21. The lowest BCUT2D eigenvalue weighted by molar-refractivity contribution is 0.763. The van der Waals surface area contributed by atoms with E-state index < -0.39 is 0 Å². The normalized spacial score (nSPS) is 10.6. The Morgan fingerprint density at radius 3 is 3.00 bits per heavy atom. The summed E-state index contributed by atoms with van der Waals surface area (Å²) in [6.07, 6.45) is 3.50. The third-order valence-corrected chi connectivity index (χ3v) is 2.01. The van der Waals surface area contributed by atoms with Gasteiger partial charge in [-0.05, 0) is 19.4 Å². The fourth-order valence-corrected chi connectivity index (χ4v) is 1.25. The molecule has 1 N–H and O–H groups in total. The molecule has 68 valence electrons. The zero-order chi connectivity index (χ0) is 9.26. The molecule has 5 heteroatoms. The van der Waals surface area contributed by atoms with Crippen molar-refractivity contribution < 1.29 is 0 Å². The largest absolute Gasteiger partial charge is 0.313 e. The second kappa shape index (κ2) is 3.01. The minimum Gasteiger partial charge on any atom is -0.313 e. The van der Waals surface area contributed by atoms with Crippen molar-refractivity contribution in [1.82, 2.24) is 25.0 Å². The zero-order valence-electron chi connectivity index (χ0n) is 7.65. The molecule has 0 radical (unpaired) electrons. The van der Waals surface area contributed by atoms with Crippen LogP contribution in [0.2, 0.25) is 0 Å². The molecule has 2 aromatic heterocycles. The van der Waals surface area contributed by atoms with E-state index >= 15 is 0 Å². The van der Waals surface area contributed by atoms with Crippen molar-refractivity contribution in [2.45, 2.75) is 20.4 Å². The molecule has 0 fully saturated rings. The molecule has 2 heterocycles. The Hall–Kier alpha value is -1.65. The third-order valence-electron chi connectivity index (χ3n) is 2.01. The molecule has 0 aliphatic carbocycles. The van der Waals surface area contributed by atoms with Gasteiger partial charge in [-0.25, -0.2) is 0 Å². The molecule has 0 bridgehead atoms. The Balaban J connectivity index is 2.52. The number of nitrogens with zero attached hydrogens (tertiary/aromatic N) is 4. The number of aromatic nitrogens is 5. The SMILES string of the molecule is CCn1cnnc1-c1[nH]ncc1C. The number of nitrogens with one attached hydrogen (secondary N) is 1. The van der Waals surface area contributed by atoms with E-state index in [9.17, 15) is 0 Å². The highest BCUT2D eigenvalue weighted by Gasteiger charge is 2.09. The summed E-state index contributed by atoms with van der Waals surface area (Å²) in [4.78, 5) is 0. The Labute approximate surface area is 75.8 Å². The molecule has 2 rings (SSSR count). The highest BCUT2D eigenvalue weighted by Crippen LogP contribution is 2.16. The summed E-state index contributed by atoms with van der Waals surface area (Å²) in [5, 5.41) is 14.7. The van der Waals surface area contributed by atoms with Crippen LogP contribution in [0.3, 0.4) is 0 Å². The Bertz CT molecular complexity index is 400. The number of aryl methyl sites for hydroxylation is 2. The van der Waals surface area contributed by atoms with Crippen molar-refractivity contribution in [3.05, 3.63) is 18.1 Å². The van der Waals surface area contributed by atoms with Crippen LogP contribution in [-0.4, -0.2) is 25.0 Å². The number of rotatable bonds is 2. The van der Waals surface area contributed by atoms with Gasteiger partial charge in [-0.1, -0.05) is 0 Å². The number of hydrogen-bond donors (Lipinski definition) is 1. The highest BCUT2D eigenvalue weighted by atomic mass is 15.3. The molecule has 0 aliphatic rings. The van der Waals surface area contributed by atoms with Crippen LogP contribution in [0.4, 0.5) is 0 Å². The monoisotopic (exact) mass is 177 g/mol. The molecule has 0 saturated carbocycles. The predicted octanol–water partition coefficient (Wildman–Crippen LogP) is 0.997. The van der Waals surface area contributed by atoms with Gasteiger partial charge in [0.05, 0.1) is 6.20 Å². The van der Waals surface area contributed by atoms with Crippen molar-refractivity contribution >= 4 is 0 Å². The summed E-state index contributed by atoms with van der Waals surface area (Å²) in [5.74, 6) is 0.845. The topological polar surface area (TPSA) is 59.4 Å². The van der Waals surface area contributed by atoms with Crippen LogP contribution >= 0.6 is 0 Å². The van der Waals surface area contributed by atoms with Gasteiger partial charge in [-0.3, -0.25) is 5.10 Å². The summed E-state index contributed by atoms with van der Waals surface area (Å²) in [5.41, 5.74) is 2.03. The summed E-state index contributed by atoms with van der Waals surface area (Å²) < 4.78 is 1.97. The second-order valence-corrected chi connectivity index (χ2v) is 2.87. The van der Waals surface area contributed by atoms with E-state index in [2.05, 4.69) is 27.3 Å². The maximum atomic E-state index is 4.03. The van der Waals surface area contributed by atoms with E-state index in [4.69, 9.17) is 0 Å². The highest BCUT2D eigenvalue weighted by molar-refractivity contribution is 5.53. The van der Waals surface area contributed by atoms with Crippen molar-refractivity contribution in [3.8, 4) is 11.5 Å². The van der Waals surface area contributed by atoms with Gasteiger partial charge in [0.2, 0.25) is 0 Å². The maximum Gasteiger partial charge on any atom is 0.182 e. The zero-order valence-corrected chi connectivity index (χ0v) is 7.65. The predicted molar refractivity (Wildman–Crippen MR) is 48.0 cm³/mol. The lowest BCUT2D eigenvalue weighted by atomic mass is 10.2. The Morgan fingerprint density at radius 1 is 1.54 bits per heavy atom. The summed E-state index contributed by atoms with van der Waals surface area (Å²) in [6, 6.07) is 0. The van der Waals surface area contributed by atoms with Crippen molar-refractivity contribution in [3.63, 3.8) is 0 Å². The number of aromatic amines is 1. The maximum absolute atomic E-state index is 4.03. The van der Waals surface area contributed by atoms with Crippen molar-refractivity contribution in [1.29, 1.82) is 0 Å². The molecule has 2 aromatic rings. The fourth-order valence-electron chi connectivity index (χ4n) is 1.25. The summed E-state index contributed by atoms with van der Waals surface area (Å²) in [6.45, 7) is 4.91. The van der Waals surface area contributed by atoms with Crippen LogP contribution in [0.5, 0.6) is 0 Å². The first-order chi connectivity index (χ1) is 6.33. The van der Waals surface area contributed by atoms with E-state index in [0.29, 0.717) is 0 Å². The molecule has 0 unspecified atom stereocenters. The summed E-state index contributed by atoms with van der Waals surface area (Å²) in [7, 11) is 0. The van der Waals surface area contributed by atoms with Gasteiger partial charge >= 0.3 is 0 Å². The molecule has 0 aliphatic heterocycles. The van der Waals surface area contributed by atoms with Crippen LogP contribution in [0.1, 0.15) is 12.5 Å². The minimum atomic E-state index is 0.845. The van der Waals surface area contributed by atoms with Gasteiger partial charge in [-0.15, -0.1) is 10.2 Å². The van der Waals surface area contributed by atoms with E-state index in [1.807, 2.05) is 11.5 Å². The standard InChI is InChI=1S/C8H11N5/c1-3-13-5-10-12-8(13)7-6(2)4-9-11-7/h4-5H,3H2,1-2H3,(H,9,11). The van der Waals surface area contributed by atoms with E-state index in [0.717, 1.165) is 23.6 Å². The van der Waals surface area contributed by atoms with E-state index in [1.165, 1.54) is 0 Å². The average molecular weight is 177 g/mol. The molecular formula is C8H11N5. The molecule has 0 saturated heterocycles. The number of hydrogen-bond acceptors (Lipinski definition) is 3. The molecule has 0 aromatic carbocycles. The molecule has 13 heavy (non-hydrogen) atoms. The number of H-pyrrole nitrogens is 1. The van der Waals surface area contributed by atoms with E-state index in [1.54, 1.807) is 12.5 Å². The Morgan fingerprint density at radius 2 is 2.38 bits per heavy atom. The molecule has 5 nitrogen and oxygen atoms in total. The van der Waals surface area contributed by atoms with Gasteiger partial charge in [0, 0.05) is 6.54 Å². The average Bonchev–Trinajstić information content (AvgIpc) is 2.71. The molecule has 0 spiro atoms. The van der Waals surface area contributed by atoms with Gasteiger partial charge in [-0.2, -0.15) is 5.10 Å². The second-order valence-electron chi connectivity index (χ2n) is 2.87. The van der Waals surface area contributed by atoms with Gasteiger partial charge in [0.25, 0.3) is 0 Å². The van der Waals surface area contributed by atoms with Gasteiger partial charge in [0.1, 0.15) is 12.0 Å². The van der Waals surface area contributed by atoms with E-state index in [-0.39, 0.29) is 0 Å². The lowest BCUT2D eigenvalue weighted by Gasteiger charge is -2.00. The van der Waals surface area contributed by atoms with Crippen LogP contribution in [-0.2, 0) is 6.54 Å². The first kappa shape index (κ1) is 7.97. The summed E-state index contributed by atoms with van der Waals surface area (Å²) >= 11 is 0. The van der Waals surface area contributed by atoms with Crippen LogP contribution < -0.4 is 0 Å². The van der Waals surface area contributed by atoms with Crippen LogP contribution in [0.15, 0.2) is 12.5 Å². The van der Waals surface area contributed by atoms with Crippen molar-refractivity contribution in [2.75, 3.05) is 0 Å². The molecule has 0 amide bonds. The van der Waals surface area contributed by atoms with Gasteiger partial charge < -0.3 is 4.57 Å². The Kier molecular flexibility index (Phi) is 1.84. The lowest BCUT2D eigenvalue weighted by Crippen LogP contribution is -1.97. The fraction of sp³-hybridized carbons (Fsp3) is 0.375. The van der Waals surface area contributed by atoms with Crippen LogP contribution in [0.25, 0.3) is 11.5 Å². The van der Waals surface area contributed by atoms with Crippen LogP contribution in [0, 0.1) is 6.92 Å². The first-order valence-electron chi connectivity index (χ1n) is 4.21. The minimum absolute atomic E-state index is 0.845. The smallest absolute Gasteiger partial charge is 0.182 e. The van der Waals surface area contributed by atoms with Gasteiger partial charge in [0.15, 0.2) is 5.82 Å².